The molecule has 0 aromatic carbocycles. The van der Waals surface area contributed by atoms with Crippen LogP contribution >= 0.6 is 0 Å². The fourth-order valence-corrected chi connectivity index (χ4v) is 8.01. The lowest BCUT2D eigenvalue weighted by Crippen LogP contribution is -2.73. The lowest BCUT2D eigenvalue weighted by Gasteiger charge is -2.48. The van der Waals surface area contributed by atoms with Gasteiger partial charge in [-0.1, -0.05) is 26.0 Å². The molecule has 0 aromatic rings. The quantitative estimate of drug-likeness (QED) is 0.388. The summed E-state index contributed by atoms with van der Waals surface area (Å²) < 4.78 is 24.7. The Bertz CT molecular complexity index is 1020. The third kappa shape index (κ3) is 2.06. The molecule has 0 unspecified atom stereocenters. The number of carbonyl (C=O) groups excluding carboxylic acids is 3. The standard InChI is InChI=1S/C24H30N2O7/c1-5-17-21(30-4)8-6-7-9-26-15(16-10-13(2)18(27)31-16)12-23(24(21,26)25-20(29)33-23)22(17)11-14(3)19(28)32-22/h6,8,11,13,15-17H,5,7,9-10,12H2,1-4H3,(H,25,29)/t13-,15-,16-,17-,21-,22+,23-,24-/m1/s1. The maximum absolute atomic E-state index is 13.0. The second kappa shape index (κ2) is 6.39. The van der Waals surface area contributed by atoms with Crippen LogP contribution in [-0.2, 0) is 28.5 Å². The first-order valence-electron chi connectivity index (χ1n) is 11.9. The van der Waals surface area contributed by atoms with Crippen LogP contribution in [0.5, 0.6) is 0 Å². The summed E-state index contributed by atoms with van der Waals surface area (Å²) in [6, 6.07) is -0.225. The van der Waals surface area contributed by atoms with Gasteiger partial charge < -0.3 is 18.9 Å². The molecule has 33 heavy (non-hydrogen) atoms. The van der Waals surface area contributed by atoms with E-state index in [1.54, 1.807) is 14.0 Å². The number of hydrogen-bond donors (Lipinski definition) is 1. The number of esters is 2. The molecular weight excluding hydrogens is 428 g/mol. The molecule has 5 aliphatic heterocycles. The fourth-order valence-electron chi connectivity index (χ4n) is 8.01. The zero-order valence-corrected chi connectivity index (χ0v) is 19.4. The lowest BCUT2D eigenvalue weighted by molar-refractivity contribution is -0.174. The highest BCUT2D eigenvalue weighted by molar-refractivity contribution is 5.92. The van der Waals surface area contributed by atoms with Crippen LogP contribution in [0.25, 0.3) is 0 Å². The Morgan fingerprint density at radius 1 is 1.27 bits per heavy atom. The number of alkyl carbamates (subject to hydrolysis) is 1. The zero-order chi connectivity index (χ0) is 23.4. The number of carbonyl (C=O) groups is 3. The van der Waals surface area contributed by atoms with Crippen LogP contribution < -0.4 is 5.32 Å². The van der Waals surface area contributed by atoms with Gasteiger partial charge in [-0.15, -0.1) is 0 Å². The summed E-state index contributed by atoms with van der Waals surface area (Å²) in [5, 5.41) is 3.16. The van der Waals surface area contributed by atoms with Crippen molar-refractivity contribution in [3.05, 3.63) is 23.8 Å². The second-order valence-electron chi connectivity index (χ2n) is 10.3. The van der Waals surface area contributed by atoms with Gasteiger partial charge in [0.15, 0.2) is 16.9 Å². The number of nitrogens with zero attached hydrogens (tertiary/aromatic N) is 1. The molecule has 5 heterocycles. The molecule has 3 saturated heterocycles. The normalized spacial score (nSPS) is 49.9. The summed E-state index contributed by atoms with van der Waals surface area (Å²) >= 11 is 0. The van der Waals surface area contributed by atoms with Crippen LogP contribution in [0.2, 0.25) is 0 Å². The highest BCUT2D eigenvalue weighted by Gasteiger charge is 2.93. The molecule has 9 heteroatoms. The Morgan fingerprint density at radius 2 is 2.06 bits per heavy atom. The van der Waals surface area contributed by atoms with E-state index >= 15 is 0 Å². The predicted molar refractivity (Wildman–Crippen MR) is 114 cm³/mol. The van der Waals surface area contributed by atoms with E-state index in [0.29, 0.717) is 31.4 Å². The number of methoxy groups -OCH3 is 1. The SMILES string of the molecule is CC[C@H]1[C@@]2(C=C(C)C(=O)O2)[C@]23C[C@H]([C@H]4C[C@@H](C)C(=O)O4)N4CCC=C[C@]1(OC)[C@@]42NC(=O)O3. The molecule has 9 nitrogen and oxygen atoms in total. The Hall–Kier alpha value is -2.39. The minimum atomic E-state index is -1.24. The molecule has 0 aromatic heterocycles. The number of nitrogens with one attached hydrogen (secondary N) is 1. The van der Waals surface area contributed by atoms with Gasteiger partial charge in [0.1, 0.15) is 11.7 Å². The Balaban J connectivity index is 1.63. The molecule has 2 spiro atoms. The first-order valence-corrected chi connectivity index (χ1v) is 11.9. The largest absolute Gasteiger partial charge is 0.460 e. The van der Waals surface area contributed by atoms with E-state index in [1.807, 2.05) is 26.0 Å². The van der Waals surface area contributed by atoms with E-state index < -0.39 is 34.5 Å². The fraction of sp³-hybridized carbons (Fsp3) is 0.708. The Labute approximate surface area is 192 Å². The van der Waals surface area contributed by atoms with Gasteiger partial charge >= 0.3 is 18.0 Å². The molecule has 6 rings (SSSR count). The second-order valence-corrected chi connectivity index (χ2v) is 10.3. The zero-order valence-electron chi connectivity index (χ0n) is 19.4. The number of amides is 1. The third-order valence-electron chi connectivity index (χ3n) is 9.04. The molecule has 4 fully saturated rings. The Morgan fingerprint density at radius 3 is 2.67 bits per heavy atom. The van der Waals surface area contributed by atoms with E-state index in [1.165, 1.54) is 0 Å². The lowest BCUT2D eigenvalue weighted by atomic mass is 9.74. The van der Waals surface area contributed by atoms with Gasteiger partial charge in [0.05, 0.1) is 12.0 Å². The highest BCUT2D eigenvalue weighted by Crippen LogP contribution is 2.72. The van der Waals surface area contributed by atoms with Crippen LogP contribution in [0.3, 0.4) is 0 Å². The first-order chi connectivity index (χ1) is 15.7. The summed E-state index contributed by atoms with van der Waals surface area (Å²) in [5.41, 5.74) is -4.10. The molecule has 6 aliphatic rings. The van der Waals surface area contributed by atoms with Crippen LogP contribution in [0.15, 0.2) is 23.8 Å². The summed E-state index contributed by atoms with van der Waals surface area (Å²) in [4.78, 5) is 40.4. The topological polar surface area (TPSA) is 103 Å². The first kappa shape index (κ1) is 21.2. The van der Waals surface area contributed by atoms with Crippen LogP contribution in [0.1, 0.15) is 46.5 Å². The average Bonchev–Trinajstić information content (AvgIpc) is 3.43. The number of ether oxygens (including phenoxy) is 4. The minimum absolute atomic E-state index is 0.193. The van der Waals surface area contributed by atoms with E-state index in [4.69, 9.17) is 18.9 Å². The molecule has 1 amide bonds. The molecule has 178 valence electrons. The smallest absolute Gasteiger partial charge is 0.409 e. The number of cyclic esters (lactones) is 1. The van der Waals surface area contributed by atoms with Crippen molar-refractivity contribution < 1.29 is 33.3 Å². The van der Waals surface area contributed by atoms with Crippen molar-refractivity contribution in [2.45, 2.75) is 81.1 Å². The molecule has 0 bridgehead atoms. The monoisotopic (exact) mass is 458 g/mol. The Kier molecular flexibility index (Phi) is 4.10. The van der Waals surface area contributed by atoms with Crippen LogP contribution in [0.4, 0.5) is 4.79 Å². The highest BCUT2D eigenvalue weighted by atomic mass is 16.6. The van der Waals surface area contributed by atoms with Gasteiger partial charge in [-0.25, -0.2) is 9.59 Å². The molecule has 1 N–H and O–H groups in total. The maximum atomic E-state index is 13.0. The molecule has 1 aliphatic carbocycles. The van der Waals surface area contributed by atoms with Crippen molar-refractivity contribution >= 4 is 18.0 Å². The third-order valence-corrected chi connectivity index (χ3v) is 9.04. The minimum Gasteiger partial charge on any atom is -0.460 e. The summed E-state index contributed by atoms with van der Waals surface area (Å²) in [7, 11) is 1.64. The van der Waals surface area contributed by atoms with Crippen molar-refractivity contribution in [1.29, 1.82) is 0 Å². The number of hydrogen-bond acceptors (Lipinski definition) is 8. The van der Waals surface area contributed by atoms with E-state index in [-0.39, 0.29) is 30.0 Å². The summed E-state index contributed by atoms with van der Waals surface area (Å²) in [6.07, 6.45) is 7.36. The van der Waals surface area contributed by atoms with E-state index in [0.717, 1.165) is 6.42 Å². The summed E-state index contributed by atoms with van der Waals surface area (Å²) in [6.45, 7) is 6.25. The van der Waals surface area contributed by atoms with Crippen LogP contribution in [0, 0.1) is 11.8 Å². The van der Waals surface area contributed by atoms with Crippen LogP contribution in [-0.4, -0.2) is 71.2 Å². The van der Waals surface area contributed by atoms with Gasteiger partial charge in [-0.3, -0.25) is 15.0 Å². The van der Waals surface area contributed by atoms with Crippen molar-refractivity contribution in [1.82, 2.24) is 10.2 Å². The molecule has 0 radical (unpaired) electrons. The predicted octanol–water partition coefficient (Wildman–Crippen LogP) is 1.81. The maximum Gasteiger partial charge on any atom is 0.409 e. The van der Waals surface area contributed by atoms with E-state index in [2.05, 4.69) is 16.3 Å². The van der Waals surface area contributed by atoms with Gasteiger partial charge in [0, 0.05) is 31.6 Å². The van der Waals surface area contributed by atoms with Gasteiger partial charge in [0.25, 0.3) is 0 Å². The van der Waals surface area contributed by atoms with Gasteiger partial charge in [0.2, 0.25) is 0 Å². The van der Waals surface area contributed by atoms with Gasteiger partial charge in [-0.05, 0) is 32.3 Å². The van der Waals surface area contributed by atoms with Crippen molar-refractivity contribution in [3.8, 4) is 0 Å². The van der Waals surface area contributed by atoms with E-state index in [9.17, 15) is 14.4 Å². The van der Waals surface area contributed by atoms with Crippen molar-refractivity contribution in [3.63, 3.8) is 0 Å². The number of rotatable bonds is 3. The molecule has 8 atom stereocenters. The van der Waals surface area contributed by atoms with Gasteiger partial charge in [-0.2, -0.15) is 0 Å². The van der Waals surface area contributed by atoms with Crippen molar-refractivity contribution in [2.75, 3.05) is 13.7 Å². The average molecular weight is 459 g/mol. The molecular formula is C24H30N2O7. The molecule has 1 saturated carbocycles. The summed E-state index contributed by atoms with van der Waals surface area (Å²) in [5.74, 6) is -1.12. The van der Waals surface area contributed by atoms with Crippen molar-refractivity contribution in [2.24, 2.45) is 11.8 Å².